The number of benzene rings is 2. The van der Waals surface area contributed by atoms with Gasteiger partial charge in [-0.25, -0.2) is 14.2 Å². The van der Waals surface area contributed by atoms with Crippen molar-refractivity contribution in [1.82, 2.24) is 14.9 Å². The van der Waals surface area contributed by atoms with Crippen LogP contribution in [0.1, 0.15) is 33.3 Å². The van der Waals surface area contributed by atoms with Gasteiger partial charge >= 0.3 is 6.09 Å². The molecule has 0 bridgehead atoms. The summed E-state index contributed by atoms with van der Waals surface area (Å²) in [5.74, 6) is -1.78. The summed E-state index contributed by atoms with van der Waals surface area (Å²) in [5, 5.41) is 14.8. The number of carbonyl (C=O) groups is 3. The molecule has 2 atom stereocenters. The van der Waals surface area contributed by atoms with Gasteiger partial charge in [-0.2, -0.15) is 0 Å². The summed E-state index contributed by atoms with van der Waals surface area (Å²) in [7, 11) is 0. The number of hydrogen-bond donors (Lipinski definition) is 3. The van der Waals surface area contributed by atoms with E-state index in [9.17, 15) is 28.7 Å². The van der Waals surface area contributed by atoms with Gasteiger partial charge < -0.3 is 15.2 Å². The van der Waals surface area contributed by atoms with Crippen molar-refractivity contribution in [2.75, 3.05) is 5.32 Å². The van der Waals surface area contributed by atoms with E-state index >= 15 is 0 Å². The Morgan fingerprint density at radius 3 is 2.41 bits per heavy atom. The first kappa shape index (κ1) is 29.2. The lowest BCUT2D eigenvalue weighted by molar-refractivity contribution is -0.132. The van der Waals surface area contributed by atoms with E-state index in [2.05, 4.69) is 15.6 Å². The summed E-state index contributed by atoms with van der Waals surface area (Å²) in [5.41, 5.74) is -0.793. The average molecular weight is 539 g/mol. The second kappa shape index (κ2) is 12.4. The number of aromatic nitrogens is 2. The molecule has 0 radical (unpaired) electrons. The average Bonchev–Trinajstić information content (AvgIpc) is 2.85. The lowest BCUT2D eigenvalue weighted by Gasteiger charge is -2.21. The van der Waals surface area contributed by atoms with Crippen molar-refractivity contribution in [2.24, 2.45) is 0 Å². The van der Waals surface area contributed by atoms with Crippen LogP contribution in [0.3, 0.4) is 0 Å². The number of nitrogens with one attached hydrogen (secondary N) is 2. The summed E-state index contributed by atoms with van der Waals surface area (Å²) in [6, 6.07) is 13.0. The Morgan fingerprint density at radius 2 is 1.79 bits per heavy atom. The van der Waals surface area contributed by atoms with E-state index < -0.39 is 53.5 Å². The number of anilines is 1. The van der Waals surface area contributed by atoms with Crippen LogP contribution in [0.15, 0.2) is 65.6 Å². The van der Waals surface area contributed by atoms with Gasteiger partial charge in [0.1, 0.15) is 35.6 Å². The molecule has 3 N–H and O–H groups in total. The molecule has 0 aliphatic rings. The first-order valence-corrected chi connectivity index (χ1v) is 12.2. The predicted octanol–water partition coefficient (Wildman–Crippen LogP) is 3.07. The molecule has 3 rings (SSSR count). The minimum absolute atomic E-state index is 0.0772. The van der Waals surface area contributed by atoms with Gasteiger partial charge in [0.25, 0.3) is 5.56 Å². The van der Waals surface area contributed by atoms with E-state index in [1.165, 1.54) is 31.3 Å². The molecule has 3 aromatic rings. The molecule has 11 heteroatoms. The van der Waals surface area contributed by atoms with Crippen LogP contribution in [0.5, 0.6) is 0 Å². The molecule has 1 heterocycles. The zero-order valence-electron chi connectivity index (χ0n) is 22.1. The number of halogens is 1. The Balaban J connectivity index is 1.93. The van der Waals surface area contributed by atoms with Crippen LogP contribution in [-0.4, -0.2) is 50.2 Å². The third kappa shape index (κ3) is 8.30. The first-order valence-electron chi connectivity index (χ1n) is 12.2. The number of amides is 2. The fourth-order valence-corrected chi connectivity index (χ4v) is 3.75. The molecule has 0 saturated carbocycles. The van der Waals surface area contributed by atoms with Crippen molar-refractivity contribution >= 4 is 23.5 Å². The van der Waals surface area contributed by atoms with Gasteiger partial charge in [-0.3, -0.25) is 24.3 Å². The number of Topliss-reactive ketones (excluding diaryl/α,β-unsaturated/α-hetero) is 1. The number of ether oxygens (including phenoxy) is 1. The van der Waals surface area contributed by atoms with Crippen molar-refractivity contribution in [3.8, 4) is 11.4 Å². The maximum absolute atomic E-state index is 13.7. The molecular weight excluding hydrogens is 507 g/mol. The van der Waals surface area contributed by atoms with Crippen LogP contribution >= 0.6 is 0 Å². The topological polar surface area (TPSA) is 140 Å². The van der Waals surface area contributed by atoms with E-state index in [-0.39, 0.29) is 17.9 Å². The van der Waals surface area contributed by atoms with Crippen molar-refractivity contribution in [3.05, 3.63) is 82.5 Å². The third-order valence-electron chi connectivity index (χ3n) is 5.44. The Morgan fingerprint density at radius 1 is 1.10 bits per heavy atom. The van der Waals surface area contributed by atoms with Gasteiger partial charge in [0, 0.05) is 5.56 Å². The Kier molecular flexibility index (Phi) is 9.31. The molecule has 206 valence electrons. The fourth-order valence-electron chi connectivity index (χ4n) is 3.75. The molecule has 1 aromatic heterocycles. The minimum atomic E-state index is -1.39. The summed E-state index contributed by atoms with van der Waals surface area (Å²) < 4.78 is 20.0. The monoisotopic (exact) mass is 538 g/mol. The molecular formula is C28H31FN4O6. The molecule has 2 amide bonds. The number of carbonyl (C=O) groups excluding carboxylic acids is 3. The van der Waals surface area contributed by atoms with Gasteiger partial charge in [0.15, 0.2) is 5.78 Å². The Hall–Kier alpha value is -4.38. The zero-order valence-corrected chi connectivity index (χ0v) is 22.1. The number of ketones is 1. The second-order valence-corrected chi connectivity index (χ2v) is 9.91. The summed E-state index contributed by atoms with van der Waals surface area (Å²) in [6.07, 6.45) is -1.17. The quantitative estimate of drug-likeness (QED) is 0.380. The molecule has 10 nitrogen and oxygen atoms in total. The van der Waals surface area contributed by atoms with Gasteiger partial charge in [-0.15, -0.1) is 0 Å². The van der Waals surface area contributed by atoms with E-state index in [4.69, 9.17) is 4.74 Å². The number of aliphatic hydroxyl groups is 1. The Bertz CT molecular complexity index is 1400. The highest BCUT2D eigenvalue weighted by molar-refractivity contribution is 5.92. The van der Waals surface area contributed by atoms with Gasteiger partial charge in [0.05, 0.1) is 12.2 Å². The van der Waals surface area contributed by atoms with Crippen molar-refractivity contribution < 1.29 is 28.6 Å². The minimum Gasteiger partial charge on any atom is -0.444 e. The number of aliphatic hydroxyl groups excluding tert-OH is 1. The lowest BCUT2D eigenvalue weighted by atomic mass is 9.99. The maximum Gasteiger partial charge on any atom is 0.412 e. The highest BCUT2D eigenvalue weighted by Crippen LogP contribution is 2.17. The first-order chi connectivity index (χ1) is 18.3. The summed E-state index contributed by atoms with van der Waals surface area (Å²) in [6.45, 7) is 5.70. The smallest absolute Gasteiger partial charge is 0.412 e. The zero-order chi connectivity index (χ0) is 28.7. The van der Waals surface area contributed by atoms with Crippen LogP contribution in [0.2, 0.25) is 0 Å². The van der Waals surface area contributed by atoms with Crippen LogP contribution < -0.4 is 16.2 Å². The van der Waals surface area contributed by atoms with Crippen LogP contribution in [0.25, 0.3) is 11.4 Å². The lowest BCUT2D eigenvalue weighted by Crippen LogP contribution is -2.48. The largest absolute Gasteiger partial charge is 0.444 e. The summed E-state index contributed by atoms with van der Waals surface area (Å²) >= 11 is 0. The predicted molar refractivity (Wildman–Crippen MR) is 143 cm³/mol. The molecule has 2 aromatic carbocycles. The van der Waals surface area contributed by atoms with Crippen molar-refractivity contribution in [1.29, 1.82) is 0 Å². The maximum atomic E-state index is 13.7. The van der Waals surface area contributed by atoms with E-state index in [1.807, 2.05) is 0 Å². The molecule has 0 fully saturated rings. The molecule has 2 unspecified atom stereocenters. The second-order valence-electron chi connectivity index (χ2n) is 9.91. The molecule has 0 aliphatic heterocycles. The number of hydrogen-bond acceptors (Lipinski definition) is 7. The van der Waals surface area contributed by atoms with Crippen molar-refractivity contribution in [3.63, 3.8) is 0 Å². The fraction of sp³-hybridized carbons (Fsp3) is 0.321. The van der Waals surface area contributed by atoms with E-state index in [0.29, 0.717) is 11.1 Å². The normalized spacial score (nSPS) is 12.8. The van der Waals surface area contributed by atoms with E-state index in [0.717, 1.165) is 4.57 Å². The third-order valence-corrected chi connectivity index (χ3v) is 5.44. The Labute approximate surface area is 224 Å². The SMILES string of the molecule is CC(O)C(=O)C(Cc1cccc(F)c1)NC(=O)Cn1c(-c2ccccc2)ncc(NC(=O)OC(C)(C)C)c1=O. The van der Waals surface area contributed by atoms with Crippen LogP contribution in [-0.2, 0) is 27.3 Å². The molecule has 0 saturated heterocycles. The van der Waals surface area contributed by atoms with Crippen LogP contribution in [0.4, 0.5) is 14.9 Å². The van der Waals surface area contributed by atoms with Gasteiger partial charge in [0.2, 0.25) is 5.91 Å². The number of rotatable bonds is 9. The van der Waals surface area contributed by atoms with Gasteiger partial charge in [-0.1, -0.05) is 42.5 Å². The highest BCUT2D eigenvalue weighted by Gasteiger charge is 2.26. The van der Waals surface area contributed by atoms with Crippen molar-refractivity contribution in [2.45, 2.75) is 58.4 Å². The summed E-state index contributed by atoms with van der Waals surface area (Å²) in [4.78, 5) is 55.8. The number of nitrogens with zero attached hydrogens (tertiary/aromatic N) is 2. The highest BCUT2D eigenvalue weighted by atomic mass is 19.1. The molecule has 39 heavy (non-hydrogen) atoms. The van der Waals surface area contributed by atoms with Gasteiger partial charge in [-0.05, 0) is 51.8 Å². The van der Waals surface area contributed by atoms with E-state index in [1.54, 1.807) is 57.2 Å². The molecule has 0 aliphatic carbocycles. The van der Waals surface area contributed by atoms with Crippen LogP contribution in [0, 0.1) is 5.82 Å². The molecule has 0 spiro atoms. The standard InChI is InChI=1S/C28H31FN4O6/c1-17(34)24(36)21(14-18-9-8-12-20(29)13-18)31-23(35)16-33-25(19-10-6-5-7-11-19)30-15-22(26(33)37)32-27(38)39-28(2,3)4/h5-13,15,17,21,34H,14,16H2,1-4H3,(H,31,35)(H,32,38).